The standard InChI is InChI=1S/C17H26O4/c1-16(2,3)20-18-15(19-21-17(4,5)6)13-12-14-10-8-7-9-11-14/h7-13,15H,1-6H3. The molecule has 0 N–H and O–H groups in total. The minimum Gasteiger partial charge on any atom is -0.228 e. The van der Waals surface area contributed by atoms with E-state index >= 15 is 0 Å². The Morgan fingerprint density at radius 1 is 0.810 bits per heavy atom. The predicted molar refractivity (Wildman–Crippen MR) is 83.1 cm³/mol. The number of hydrogen-bond donors (Lipinski definition) is 0. The van der Waals surface area contributed by atoms with E-state index in [4.69, 9.17) is 19.6 Å². The summed E-state index contributed by atoms with van der Waals surface area (Å²) in [6.07, 6.45) is 2.89. The van der Waals surface area contributed by atoms with E-state index in [1.54, 1.807) is 6.08 Å². The molecule has 0 aromatic heterocycles. The van der Waals surface area contributed by atoms with Crippen LogP contribution in [0.3, 0.4) is 0 Å². The SMILES string of the molecule is CC(C)(C)OOC(C=Cc1ccccc1)OOC(C)(C)C. The van der Waals surface area contributed by atoms with Gasteiger partial charge in [-0.3, -0.25) is 0 Å². The molecule has 0 heterocycles. The summed E-state index contributed by atoms with van der Waals surface area (Å²) in [5, 5.41) is 0. The third-order valence-electron chi connectivity index (χ3n) is 2.03. The Morgan fingerprint density at radius 3 is 1.71 bits per heavy atom. The Balaban J connectivity index is 2.64. The Kier molecular flexibility index (Phi) is 6.55. The highest BCUT2D eigenvalue weighted by molar-refractivity contribution is 5.48. The Bertz CT molecular complexity index is 408. The van der Waals surface area contributed by atoms with Crippen LogP contribution in [-0.4, -0.2) is 17.5 Å². The monoisotopic (exact) mass is 294 g/mol. The molecule has 0 amide bonds. The maximum atomic E-state index is 5.29. The summed E-state index contributed by atoms with van der Waals surface area (Å²) in [6.45, 7) is 11.4. The van der Waals surface area contributed by atoms with Gasteiger partial charge < -0.3 is 0 Å². The third kappa shape index (κ3) is 9.37. The molecule has 0 unspecified atom stereocenters. The van der Waals surface area contributed by atoms with Crippen molar-refractivity contribution in [1.29, 1.82) is 0 Å². The quantitative estimate of drug-likeness (QED) is 0.439. The molecular formula is C17H26O4. The molecule has 21 heavy (non-hydrogen) atoms. The van der Waals surface area contributed by atoms with E-state index in [0.717, 1.165) is 5.56 Å². The second kappa shape index (κ2) is 7.71. The van der Waals surface area contributed by atoms with Crippen molar-refractivity contribution in [2.24, 2.45) is 0 Å². The van der Waals surface area contributed by atoms with Crippen LogP contribution in [0.5, 0.6) is 0 Å². The van der Waals surface area contributed by atoms with E-state index in [2.05, 4.69) is 0 Å². The smallest absolute Gasteiger partial charge is 0.228 e. The van der Waals surface area contributed by atoms with Gasteiger partial charge in [-0.05, 0) is 53.2 Å². The molecule has 1 aromatic carbocycles. The van der Waals surface area contributed by atoms with E-state index in [-0.39, 0.29) is 0 Å². The topological polar surface area (TPSA) is 36.9 Å². The van der Waals surface area contributed by atoms with Crippen LogP contribution in [0.2, 0.25) is 0 Å². The van der Waals surface area contributed by atoms with Crippen LogP contribution >= 0.6 is 0 Å². The lowest BCUT2D eigenvalue weighted by Gasteiger charge is -2.24. The Labute approximate surface area is 127 Å². The molecule has 4 nitrogen and oxygen atoms in total. The van der Waals surface area contributed by atoms with Crippen molar-refractivity contribution >= 4 is 6.08 Å². The summed E-state index contributed by atoms with van der Waals surface area (Å²) < 4.78 is 0. The van der Waals surface area contributed by atoms with E-state index in [1.807, 2.05) is 78.0 Å². The highest BCUT2D eigenvalue weighted by Crippen LogP contribution is 2.15. The first kappa shape index (κ1) is 17.9. The van der Waals surface area contributed by atoms with Gasteiger partial charge in [-0.25, -0.2) is 9.78 Å². The average molecular weight is 294 g/mol. The summed E-state index contributed by atoms with van der Waals surface area (Å²) in [7, 11) is 0. The predicted octanol–water partition coefficient (Wildman–Crippen LogP) is 4.52. The molecule has 118 valence electrons. The van der Waals surface area contributed by atoms with Gasteiger partial charge in [0.1, 0.15) is 0 Å². The van der Waals surface area contributed by atoms with Crippen LogP contribution in [0.1, 0.15) is 47.1 Å². The molecule has 0 fully saturated rings. The largest absolute Gasteiger partial charge is 0.243 e. The van der Waals surface area contributed by atoms with E-state index in [9.17, 15) is 0 Å². The number of benzene rings is 1. The molecule has 4 heteroatoms. The van der Waals surface area contributed by atoms with Crippen LogP contribution < -0.4 is 0 Å². The van der Waals surface area contributed by atoms with E-state index in [0.29, 0.717) is 0 Å². The van der Waals surface area contributed by atoms with Gasteiger partial charge in [0.2, 0.25) is 6.29 Å². The normalized spacial score (nSPS) is 13.3. The second-order valence-corrected chi connectivity index (χ2v) is 6.72. The average Bonchev–Trinajstić information content (AvgIpc) is 2.36. The first-order valence-corrected chi connectivity index (χ1v) is 7.08. The maximum Gasteiger partial charge on any atom is 0.243 e. The van der Waals surface area contributed by atoms with Crippen LogP contribution in [0.4, 0.5) is 0 Å². The molecule has 1 aromatic rings. The zero-order chi connectivity index (χ0) is 15.9. The van der Waals surface area contributed by atoms with E-state index < -0.39 is 17.5 Å². The molecule has 0 saturated heterocycles. The lowest BCUT2D eigenvalue weighted by atomic mass is 10.2. The molecular weight excluding hydrogens is 268 g/mol. The lowest BCUT2D eigenvalue weighted by Crippen LogP contribution is -2.28. The summed E-state index contributed by atoms with van der Waals surface area (Å²) in [5.74, 6) is 0. The van der Waals surface area contributed by atoms with Crippen molar-refractivity contribution in [3.05, 3.63) is 42.0 Å². The fourth-order valence-corrected chi connectivity index (χ4v) is 1.22. The van der Waals surface area contributed by atoms with Crippen molar-refractivity contribution in [3.63, 3.8) is 0 Å². The van der Waals surface area contributed by atoms with Gasteiger partial charge >= 0.3 is 0 Å². The van der Waals surface area contributed by atoms with Crippen molar-refractivity contribution in [1.82, 2.24) is 0 Å². The molecule has 0 aliphatic rings. The van der Waals surface area contributed by atoms with Gasteiger partial charge in [0.15, 0.2) is 0 Å². The van der Waals surface area contributed by atoms with Gasteiger partial charge in [-0.1, -0.05) is 36.4 Å². The first-order chi connectivity index (χ1) is 9.66. The van der Waals surface area contributed by atoms with Crippen molar-refractivity contribution in [2.45, 2.75) is 59.0 Å². The molecule has 0 bridgehead atoms. The van der Waals surface area contributed by atoms with Gasteiger partial charge in [-0.15, -0.1) is 0 Å². The highest BCUT2D eigenvalue weighted by Gasteiger charge is 2.19. The van der Waals surface area contributed by atoms with Gasteiger partial charge in [0.05, 0.1) is 11.2 Å². The third-order valence-corrected chi connectivity index (χ3v) is 2.03. The Morgan fingerprint density at radius 2 is 1.29 bits per heavy atom. The fraction of sp³-hybridized carbons (Fsp3) is 0.529. The summed E-state index contributed by atoms with van der Waals surface area (Å²) in [4.78, 5) is 21.2. The van der Waals surface area contributed by atoms with Crippen molar-refractivity contribution in [3.8, 4) is 0 Å². The molecule has 0 atom stereocenters. The van der Waals surface area contributed by atoms with Gasteiger partial charge in [-0.2, -0.15) is 9.78 Å². The highest BCUT2D eigenvalue weighted by atomic mass is 17.3. The zero-order valence-corrected chi connectivity index (χ0v) is 13.8. The molecule has 0 aliphatic carbocycles. The van der Waals surface area contributed by atoms with Crippen LogP contribution in [-0.2, 0) is 19.6 Å². The summed E-state index contributed by atoms with van der Waals surface area (Å²) in [6, 6.07) is 9.88. The number of rotatable bonds is 6. The molecule has 0 spiro atoms. The minimum atomic E-state index is -0.747. The van der Waals surface area contributed by atoms with Crippen LogP contribution in [0, 0.1) is 0 Å². The lowest BCUT2D eigenvalue weighted by molar-refractivity contribution is -0.484. The number of hydrogen-bond acceptors (Lipinski definition) is 4. The first-order valence-electron chi connectivity index (χ1n) is 7.08. The van der Waals surface area contributed by atoms with E-state index in [1.165, 1.54) is 0 Å². The molecule has 1 rings (SSSR count). The van der Waals surface area contributed by atoms with Crippen molar-refractivity contribution in [2.75, 3.05) is 0 Å². The van der Waals surface area contributed by atoms with Crippen LogP contribution in [0.15, 0.2) is 36.4 Å². The molecule has 0 aliphatic heterocycles. The zero-order valence-electron chi connectivity index (χ0n) is 13.8. The molecule has 0 saturated carbocycles. The minimum absolute atomic E-state index is 0.427. The maximum absolute atomic E-state index is 5.29. The van der Waals surface area contributed by atoms with Gasteiger partial charge in [0, 0.05) is 0 Å². The second-order valence-electron chi connectivity index (χ2n) is 6.72. The summed E-state index contributed by atoms with van der Waals surface area (Å²) in [5.41, 5.74) is 0.189. The summed E-state index contributed by atoms with van der Waals surface area (Å²) >= 11 is 0. The van der Waals surface area contributed by atoms with Crippen LogP contribution in [0.25, 0.3) is 6.08 Å². The van der Waals surface area contributed by atoms with Crippen molar-refractivity contribution < 1.29 is 19.6 Å². The Hall–Kier alpha value is -1.20. The molecule has 0 radical (unpaired) electrons. The van der Waals surface area contributed by atoms with Gasteiger partial charge in [0.25, 0.3) is 0 Å². The fourth-order valence-electron chi connectivity index (χ4n) is 1.22.